The molecule has 1 aromatic heterocycles. The second kappa shape index (κ2) is 9.24. The van der Waals surface area contributed by atoms with Crippen LogP contribution in [0.25, 0.3) is 0 Å². The zero-order valence-corrected chi connectivity index (χ0v) is 15.2. The molecule has 0 spiro atoms. The fourth-order valence-electron chi connectivity index (χ4n) is 1.88. The maximum absolute atomic E-state index is 12.0. The van der Waals surface area contributed by atoms with Crippen LogP contribution in [-0.4, -0.2) is 34.8 Å². The highest BCUT2D eigenvalue weighted by molar-refractivity contribution is 7.99. The Hall–Kier alpha value is -2.32. The topological polar surface area (TPSA) is 93.3 Å². The number of rotatable bonds is 8. The van der Waals surface area contributed by atoms with Crippen molar-refractivity contribution in [3.05, 3.63) is 46.4 Å². The Labute approximate surface area is 150 Å². The van der Waals surface area contributed by atoms with E-state index in [0.717, 1.165) is 17.5 Å². The number of anilines is 1. The largest absolute Gasteiger partial charge is 0.497 e. The van der Waals surface area contributed by atoms with Gasteiger partial charge < -0.3 is 19.8 Å². The molecule has 0 radical (unpaired) electrons. The van der Waals surface area contributed by atoms with E-state index >= 15 is 0 Å². The van der Waals surface area contributed by atoms with Crippen LogP contribution in [0.5, 0.6) is 5.75 Å². The molecular weight excluding hydrogens is 342 g/mol. The molecule has 0 aliphatic carbocycles. The number of ether oxygens (including phenoxy) is 2. The summed E-state index contributed by atoms with van der Waals surface area (Å²) in [5, 5.41) is 3.16. The zero-order chi connectivity index (χ0) is 18.2. The Morgan fingerprint density at radius 1 is 1.32 bits per heavy atom. The number of thioether (sulfide) groups is 1. The van der Waals surface area contributed by atoms with E-state index in [2.05, 4.69) is 15.3 Å². The molecule has 0 unspecified atom stereocenters. The van der Waals surface area contributed by atoms with E-state index < -0.39 is 0 Å². The van der Waals surface area contributed by atoms with Crippen molar-refractivity contribution in [3.8, 4) is 5.75 Å². The number of benzene rings is 1. The van der Waals surface area contributed by atoms with Crippen LogP contribution in [0.3, 0.4) is 0 Å². The van der Waals surface area contributed by atoms with E-state index in [4.69, 9.17) is 9.47 Å². The predicted molar refractivity (Wildman–Crippen MR) is 97.1 cm³/mol. The van der Waals surface area contributed by atoms with Crippen molar-refractivity contribution in [2.24, 2.45) is 0 Å². The Morgan fingerprint density at radius 3 is 2.68 bits per heavy atom. The maximum atomic E-state index is 12.0. The van der Waals surface area contributed by atoms with Crippen molar-refractivity contribution in [3.63, 3.8) is 0 Å². The summed E-state index contributed by atoms with van der Waals surface area (Å²) in [6.07, 6.45) is 0.0486. The molecule has 0 saturated heterocycles. The summed E-state index contributed by atoms with van der Waals surface area (Å²) < 4.78 is 10.5. The van der Waals surface area contributed by atoms with Crippen molar-refractivity contribution in [1.82, 2.24) is 9.97 Å². The molecule has 1 amide bonds. The minimum atomic E-state index is -0.268. The van der Waals surface area contributed by atoms with Gasteiger partial charge in [0.25, 0.3) is 5.56 Å². The second-order valence-electron chi connectivity index (χ2n) is 5.47. The SMILES string of the molecule is COc1ccc(NC(=O)CSc2nc(COC(C)C)cc(=O)[nH]2)cc1. The molecule has 134 valence electrons. The number of carbonyl (C=O) groups is 1. The quantitative estimate of drug-likeness (QED) is 0.553. The third-order valence-electron chi connectivity index (χ3n) is 3.05. The molecule has 1 aromatic carbocycles. The first kappa shape index (κ1) is 19.0. The molecule has 2 rings (SSSR count). The Kier molecular flexibility index (Phi) is 7.03. The van der Waals surface area contributed by atoms with E-state index in [9.17, 15) is 9.59 Å². The van der Waals surface area contributed by atoms with Crippen molar-refractivity contribution in [1.29, 1.82) is 0 Å². The van der Waals surface area contributed by atoms with Crippen LogP contribution in [0, 0.1) is 0 Å². The Bertz CT molecular complexity index is 759. The fraction of sp³-hybridized carbons (Fsp3) is 0.353. The van der Waals surface area contributed by atoms with Crippen molar-refractivity contribution >= 4 is 23.4 Å². The number of nitrogens with one attached hydrogen (secondary N) is 2. The van der Waals surface area contributed by atoms with Crippen LogP contribution in [0.1, 0.15) is 19.5 Å². The molecule has 8 heteroatoms. The third kappa shape index (κ3) is 6.60. The van der Waals surface area contributed by atoms with Crippen LogP contribution in [0.15, 0.2) is 40.3 Å². The van der Waals surface area contributed by atoms with Crippen molar-refractivity contribution < 1.29 is 14.3 Å². The second-order valence-corrected chi connectivity index (χ2v) is 6.43. The van der Waals surface area contributed by atoms with Gasteiger partial charge in [-0.05, 0) is 38.1 Å². The van der Waals surface area contributed by atoms with E-state index in [1.807, 2.05) is 13.8 Å². The number of amides is 1. The minimum Gasteiger partial charge on any atom is -0.497 e. The minimum absolute atomic E-state index is 0.0486. The summed E-state index contributed by atoms with van der Waals surface area (Å²) in [7, 11) is 1.58. The summed E-state index contributed by atoms with van der Waals surface area (Å²) >= 11 is 1.16. The number of carbonyl (C=O) groups excluding carboxylic acids is 1. The first-order chi connectivity index (χ1) is 12.0. The number of hydrogen-bond donors (Lipinski definition) is 2. The van der Waals surface area contributed by atoms with Gasteiger partial charge in [0, 0.05) is 11.8 Å². The van der Waals surface area contributed by atoms with Crippen LogP contribution in [0.4, 0.5) is 5.69 Å². The van der Waals surface area contributed by atoms with Crippen molar-refractivity contribution in [2.75, 3.05) is 18.2 Å². The maximum Gasteiger partial charge on any atom is 0.251 e. The fourth-order valence-corrected chi connectivity index (χ4v) is 2.58. The van der Waals surface area contributed by atoms with Gasteiger partial charge in [-0.15, -0.1) is 0 Å². The average molecular weight is 363 g/mol. The van der Waals surface area contributed by atoms with E-state index in [-0.39, 0.29) is 29.9 Å². The zero-order valence-electron chi connectivity index (χ0n) is 14.4. The lowest BCUT2D eigenvalue weighted by Gasteiger charge is -2.08. The van der Waals surface area contributed by atoms with Gasteiger partial charge in [-0.2, -0.15) is 0 Å². The number of aromatic nitrogens is 2. The average Bonchev–Trinajstić information content (AvgIpc) is 2.58. The van der Waals surface area contributed by atoms with Gasteiger partial charge in [0.2, 0.25) is 5.91 Å². The molecule has 1 heterocycles. The molecule has 2 aromatic rings. The highest BCUT2D eigenvalue weighted by atomic mass is 32.2. The van der Waals surface area contributed by atoms with Crippen LogP contribution in [0.2, 0.25) is 0 Å². The monoisotopic (exact) mass is 363 g/mol. The predicted octanol–water partition coefficient (Wildman–Crippen LogP) is 2.43. The Balaban J connectivity index is 1.91. The van der Waals surface area contributed by atoms with Gasteiger partial charge >= 0.3 is 0 Å². The van der Waals surface area contributed by atoms with Crippen molar-refractivity contribution in [2.45, 2.75) is 31.7 Å². The lowest BCUT2D eigenvalue weighted by atomic mass is 10.3. The van der Waals surface area contributed by atoms with E-state index in [0.29, 0.717) is 16.5 Å². The Morgan fingerprint density at radius 2 is 2.04 bits per heavy atom. The first-order valence-electron chi connectivity index (χ1n) is 7.75. The molecule has 0 aliphatic heterocycles. The highest BCUT2D eigenvalue weighted by Crippen LogP contribution is 2.16. The van der Waals surface area contributed by atoms with Gasteiger partial charge in [-0.25, -0.2) is 4.98 Å². The number of aromatic amines is 1. The standard InChI is InChI=1S/C17H21N3O4S/c1-11(2)24-9-13-8-15(21)20-17(19-13)25-10-16(22)18-12-4-6-14(23-3)7-5-12/h4-8,11H,9-10H2,1-3H3,(H,18,22)(H,19,20,21). The van der Waals surface area contributed by atoms with Gasteiger partial charge in [0.1, 0.15) is 5.75 Å². The molecule has 25 heavy (non-hydrogen) atoms. The first-order valence-corrected chi connectivity index (χ1v) is 8.73. The normalized spacial score (nSPS) is 10.7. The molecule has 2 N–H and O–H groups in total. The highest BCUT2D eigenvalue weighted by Gasteiger charge is 2.08. The lowest BCUT2D eigenvalue weighted by Crippen LogP contribution is -2.16. The lowest BCUT2D eigenvalue weighted by molar-refractivity contribution is -0.113. The van der Waals surface area contributed by atoms with Crippen LogP contribution in [-0.2, 0) is 16.1 Å². The number of H-pyrrole nitrogens is 1. The van der Waals surface area contributed by atoms with Crippen LogP contribution >= 0.6 is 11.8 Å². The summed E-state index contributed by atoms with van der Waals surface area (Å²) in [6, 6.07) is 8.43. The van der Waals surface area contributed by atoms with E-state index in [1.165, 1.54) is 6.07 Å². The van der Waals surface area contributed by atoms with E-state index in [1.54, 1.807) is 31.4 Å². The summed E-state index contributed by atoms with van der Waals surface area (Å²) in [5.41, 5.74) is 0.942. The number of hydrogen-bond acceptors (Lipinski definition) is 6. The molecule has 0 fully saturated rings. The molecule has 0 aliphatic rings. The summed E-state index contributed by atoms with van der Waals surface area (Å²) in [4.78, 5) is 30.6. The third-order valence-corrected chi connectivity index (χ3v) is 3.92. The molecule has 7 nitrogen and oxygen atoms in total. The molecule has 0 saturated carbocycles. The molecular formula is C17H21N3O4S. The smallest absolute Gasteiger partial charge is 0.251 e. The van der Waals surface area contributed by atoms with Gasteiger partial charge in [-0.1, -0.05) is 11.8 Å². The molecule has 0 atom stereocenters. The van der Waals surface area contributed by atoms with Gasteiger partial charge in [-0.3, -0.25) is 9.59 Å². The number of nitrogens with zero attached hydrogens (tertiary/aromatic N) is 1. The van der Waals surface area contributed by atoms with Gasteiger partial charge in [0.15, 0.2) is 5.16 Å². The summed E-state index contributed by atoms with van der Waals surface area (Å²) in [5.74, 6) is 0.653. The van der Waals surface area contributed by atoms with Gasteiger partial charge in [0.05, 0.1) is 31.3 Å². The molecule has 0 bridgehead atoms. The summed E-state index contributed by atoms with van der Waals surface area (Å²) in [6.45, 7) is 4.08. The van der Waals surface area contributed by atoms with Crippen LogP contribution < -0.4 is 15.6 Å². The number of methoxy groups -OCH3 is 1.